The molecule has 0 radical (unpaired) electrons. The SMILES string of the molecule is O=C(NC1CCN(C(=O)c2cccc(S(=O)(=O)N3CCc4ccccc43)c2)CC1)c1ccccc1. The van der Waals surface area contributed by atoms with Crippen molar-refractivity contribution in [3.63, 3.8) is 0 Å². The van der Waals surface area contributed by atoms with Crippen molar-refractivity contribution >= 4 is 27.5 Å². The van der Waals surface area contributed by atoms with E-state index in [0.717, 1.165) is 5.56 Å². The van der Waals surface area contributed by atoms with E-state index in [-0.39, 0.29) is 22.8 Å². The van der Waals surface area contributed by atoms with Gasteiger partial charge in [0.05, 0.1) is 10.6 Å². The third kappa shape index (κ3) is 4.66. The van der Waals surface area contributed by atoms with Gasteiger partial charge in [-0.15, -0.1) is 0 Å². The number of carbonyl (C=O) groups is 2. The number of hydrogen-bond acceptors (Lipinski definition) is 4. The number of fused-ring (bicyclic) bond motifs is 1. The molecule has 2 amide bonds. The molecule has 2 aliphatic heterocycles. The molecular weight excluding hydrogens is 462 g/mol. The molecular formula is C27H27N3O4S. The average molecular weight is 490 g/mol. The van der Waals surface area contributed by atoms with Gasteiger partial charge in [-0.2, -0.15) is 0 Å². The predicted molar refractivity (Wildman–Crippen MR) is 134 cm³/mol. The molecule has 2 aliphatic rings. The summed E-state index contributed by atoms with van der Waals surface area (Å²) in [5.41, 5.74) is 2.67. The van der Waals surface area contributed by atoms with Gasteiger partial charge in [-0.1, -0.05) is 42.5 Å². The molecule has 3 aromatic rings. The average Bonchev–Trinajstić information content (AvgIpc) is 3.34. The lowest BCUT2D eigenvalue weighted by atomic mass is 10.0. The summed E-state index contributed by atoms with van der Waals surface area (Å²) in [5.74, 6) is -0.312. The minimum absolute atomic E-state index is 0.00583. The first-order chi connectivity index (χ1) is 16.9. The molecule has 7 nitrogen and oxygen atoms in total. The highest BCUT2D eigenvalue weighted by Gasteiger charge is 2.31. The summed E-state index contributed by atoms with van der Waals surface area (Å²) in [7, 11) is -3.77. The van der Waals surface area contributed by atoms with Crippen LogP contribution in [0.4, 0.5) is 5.69 Å². The van der Waals surface area contributed by atoms with Crippen molar-refractivity contribution in [1.29, 1.82) is 0 Å². The smallest absolute Gasteiger partial charge is 0.264 e. The van der Waals surface area contributed by atoms with Crippen molar-refractivity contribution in [2.75, 3.05) is 23.9 Å². The molecule has 5 rings (SSSR count). The van der Waals surface area contributed by atoms with E-state index in [4.69, 9.17) is 0 Å². The van der Waals surface area contributed by atoms with E-state index in [0.29, 0.717) is 55.7 Å². The Morgan fingerprint density at radius 3 is 2.26 bits per heavy atom. The first-order valence-corrected chi connectivity index (χ1v) is 13.2. The molecule has 0 spiro atoms. The standard InChI is InChI=1S/C27H27N3O4S/c31-26(21-8-2-1-3-9-21)28-23-14-16-29(17-15-23)27(32)22-10-6-11-24(19-22)35(33,34)30-18-13-20-7-4-5-12-25(20)30/h1-12,19,23H,13-18H2,(H,28,31). The number of likely N-dealkylation sites (tertiary alicyclic amines) is 1. The summed E-state index contributed by atoms with van der Waals surface area (Å²) in [4.78, 5) is 27.4. The van der Waals surface area contributed by atoms with Crippen LogP contribution in [-0.2, 0) is 16.4 Å². The Morgan fingerprint density at radius 2 is 1.49 bits per heavy atom. The maximum Gasteiger partial charge on any atom is 0.264 e. The molecule has 1 saturated heterocycles. The molecule has 1 N–H and O–H groups in total. The summed E-state index contributed by atoms with van der Waals surface area (Å²) < 4.78 is 28.2. The zero-order chi connectivity index (χ0) is 24.4. The van der Waals surface area contributed by atoms with Gasteiger partial charge in [0.15, 0.2) is 0 Å². The van der Waals surface area contributed by atoms with E-state index in [9.17, 15) is 18.0 Å². The van der Waals surface area contributed by atoms with E-state index in [1.54, 1.807) is 35.2 Å². The number of rotatable bonds is 5. The van der Waals surface area contributed by atoms with Crippen molar-refractivity contribution in [2.45, 2.75) is 30.2 Å². The van der Waals surface area contributed by atoms with E-state index < -0.39 is 10.0 Å². The van der Waals surface area contributed by atoms with Crippen LogP contribution < -0.4 is 9.62 Å². The third-order valence-corrected chi connectivity index (χ3v) is 8.48. The summed E-state index contributed by atoms with van der Waals surface area (Å²) in [5, 5.41) is 3.04. The normalized spacial score (nSPS) is 16.1. The number of benzene rings is 3. The van der Waals surface area contributed by atoms with E-state index >= 15 is 0 Å². The molecule has 0 bridgehead atoms. The molecule has 1 fully saturated rings. The number of sulfonamides is 1. The summed E-state index contributed by atoms with van der Waals surface area (Å²) in [6.45, 7) is 1.38. The number of hydrogen-bond donors (Lipinski definition) is 1. The molecule has 0 aromatic heterocycles. The van der Waals surface area contributed by atoms with Crippen LogP contribution >= 0.6 is 0 Å². The van der Waals surface area contributed by atoms with E-state index in [1.807, 2.05) is 42.5 Å². The van der Waals surface area contributed by atoms with Gasteiger partial charge in [0.2, 0.25) is 0 Å². The first kappa shape index (κ1) is 23.1. The van der Waals surface area contributed by atoms with Crippen molar-refractivity contribution in [2.24, 2.45) is 0 Å². The van der Waals surface area contributed by atoms with Crippen molar-refractivity contribution < 1.29 is 18.0 Å². The summed E-state index contributed by atoms with van der Waals surface area (Å²) >= 11 is 0. The van der Waals surface area contributed by atoms with Gasteiger partial charge < -0.3 is 10.2 Å². The molecule has 0 aliphatic carbocycles. The van der Waals surface area contributed by atoms with Crippen LogP contribution in [0.1, 0.15) is 39.1 Å². The molecule has 2 heterocycles. The largest absolute Gasteiger partial charge is 0.349 e. The van der Waals surface area contributed by atoms with Gasteiger partial charge >= 0.3 is 0 Å². The van der Waals surface area contributed by atoms with Crippen molar-refractivity contribution in [3.8, 4) is 0 Å². The highest BCUT2D eigenvalue weighted by atomic mass is 32.2. The number of amides is 2. The highest BCUT2D eigenvalue weighted by Crippen LogP contribution is 2.33. The quantitative estimate of drug-likeness (QED) is 0.595. The monoisotopic (exact) mass is 489 g/mol. The lowest BCUT2D eigenvalue weighted by Crippen LogP contribution is -2.46. The second kappa shape index (κ2) is 9.54. The Morgan fingerprint density at radius 1 is 0.800 bits per heavy atom. The van der Waals surface area contributed by atoms with Crippen LogP contribution in [0.15, 0.2) is 83.8 Å². The minimum atomic E-state index is -3.77. The molecule has 180 valence electrons. The third-order valence-electron chi connectivity index (χ3n) is 6.67. The number of piperidine rings is 1. The number of carbonyl (C=O) groups excluding carboxylic acids is 2. The molecule has 35 heavy (non-hydrogen) atoms. The second-order valence-corrected chi connectivity index (χ2v) is 10.8. The number of nitrogens with zero attached hydrogens (tertiary/aromatic N) is 2. The second-order valence-electron chi connectivity index (χ2n) is 8.89. The van der Waals surface area contributed by atoms with Crippen LogP contribution in [0.5, 0.6) is 0 Å². The van der Waals surface area contributed by atoms with Gasteiger partial charge in [-0.3, -0.25) is 13.9 Å². The topological polar surface area (TPSA) is 86.8 Å². The zero-order valence-corrected chi connectivity index (χ0v) is 20.1. The van der Waals surface area contributed by atoms with Gasteiger partial charge in [0.1, 0.15) is 0 Å². The maximum absolute atomic E-state index is 13.4. The Hall–Kier alpha value is -3.65. The fraction of sp³-hybridized carbons (Fsp3) is 0.259. The Labute approximate surface area is 205 Å². The first-order valence-electron chi connectivity index (χ1n) is 11.8. The van der Waals surface area contributed by atoms with E-state index in [2.05, 4.69) is 5.32 Å². The van der Waals surface area contributed by atoms with Gasteiger partial charge in [0.25, 0.3) is 21.8 Å². The molecule has 0 atom stereocenters. The Balaban J connectivity index is 1.25. The van der Waals surface area contributed by atoms with Gasteiger partial charge in [0, 0.05) is 36.8 Å². The lowest BCUT2D eigenvalue weighted by molar-refractivity contribution is 0.0698. The van der Waals surface area contributed by atoms with Crippen LogP contribution in [0.25, 0.3) is 0 Å². The predicted octanol–water partition coefficient (Wildman–Crippen LogP) is 3.47. The number of anilines is 1. The summed E-state index contributed by atoms with van der Waals surface area (Å²) in [6.07, 6.45) is 1.96. The zero-order valence-electron chi connectivity index (χ0n) is 19.3. The number of para-hydroxylation sites is 1. The molecule has 0 saturated carbocycles. The number of nitrogens with one attached hydrogen (secondary N) is 1. The maximum atomic E-state index is 13.4. The Kier molecular flexibility index (Phi) is 6.30. The minimum Gasteiger partial charge on any atom is -0.349 e. The van der Waals surface area contributed by atoms with Crippen molar-refractivity contribution in [3.05, 3.63) is 95.6 Å². The van der Waals surface area contributed by atoms with Crippen LogP contribution in [-0.4, -0.2) is 50.8 Å². The fourth-order valence-corrected chi connectivity index (χ4v) is 6.29. The molecule has 0 unspecified atom stereocenters. The van der Waals surface area contributed by atoms with Gasteiger partial charge in [-0.25, -0.2) is 8.42 Å². The highest BCUT2D eigenvalue weighted by molar-refractivity contribution is 7.92. The lowest BCUT2D eigenvalue weighted by Gasteiger charge is -2.32. The molecule has 8 heteroatoms. The Bertz CT molecular complexity index is 1350. The van der Waals surface area contributed by atoms with Crippen LogP contribution in [0, 0.1) is 0 Å². The molecule has 3 aromatic carbocycles. The van der Waals surface area contributed by atoms with Crippen LogP contribution in [0.3, 0.4) is 0 Å². The summed E-state index contributed by atoms with van der Waals surface area (Å²) in [6, 6.07) is 22.8. The van der Waals surface area contributed by atoms with E-state index in [1.165, 1.54) is 10.4 Å². The van der Waals surface area contributed by atoms with Gasteiger partial charge in [-0.05, 0) is 61.2 Å². The fourth-order valence-electron chi connectivity index (χ4n) is 4.74. The van der Waals surface area contributed by atoms with Crippen molar-refractivity contribution in [1.82, 2.24) is 10.2 Å². The van der Waals surface area contributed by atoms with Crippen LogP contribution in [0.2, 0.25) is 0 Å².